The third kappa shape index (κ3) is 3.48. The number of hydrogen-bond acceptors (Lipinski definition) is 5. The van der Waals surface area contributed by atoms with Crippen molar-refractivity contribution in [2.75, 3.05) is 33.9 Å². The summed E-state index contributed by atoms with van der Waals surface area (Å²) in [5, 5.41) is 3.41. The van der Waals surface area contributed by atoms with Gasteiger partial charge in [0.15, 0.2) is 11.5 Å². The summed E-state index contributed by atoms with van der Waals surface area (Å²) in [6, 6.07) is 14.5. The smallest absolute Gasteiger partial charge is 0.243 e. The maximum absolute atomic E-state index is 13.5. The van der Waals surface area contributed by atoms with E-state index in [-0.39, 0.29) is 29.3 Å². The molecule has 0 spiro atoms. The highest BCUT2D eigenvalue weighted by atomic mass is 35.5. The van der Waals surface area contributed by atoms with E-state index in [4.69, 9.17) is 9.47 Å². The molecule has 3 atom stereocenters. The van der Waals surface area contributed by atoms with Crippen LogP contribution in [-0.2, 0) is 10.0 Å². The third-order valence-electron chi connectivity index (χ3n) is 5.63. The minimum absolute atomic E-state index is 0. The monoisotopic (exact) mass is 424 g/mol. The van der Waals surface area contributed by atoms with E-state index in [9.17, 15) is 8.42 Å². The first-order chi connectivity index (χ1) is 13.1. The molecule has 8 heteroatoms. The van der Waals surface area contributed by atoms with Crippen molar-refractivity contribution in [2.24, 2.45) is 11.8 Å². The van der Waals surface area contributed by atoms with Gasteiger partial charge in [-0.2, -0.15) is 4.31 Å². The molecule has 2 saturated heterocycles. The summed E-state index contributed by atoms with van der Waals surface area (Å²) in [5.74, 6) is 1.53. The Kier molecular flexibility index (Phi) is 6.19. The molecule has 2 heterocycles. The minimum atomic E-state index is -3.67. The Balaban J connectivity index is 0.00000225. The molecule has 0 amide bonds. The summed E-state index contributed by atoms with van der Waals surface area (Å²) in [5.41, 5.74) is 1.04. The predicted molar refractivity (Wildman–Crippen MR) is 110 cm³/mol. The van der Waals surface area contributed by atoms with Gasteiger partial charge < -0.3 is 14.8 Å². The first-order valence-corrected chi connectivity index (χ1v) is 10.5. The molecule has 0 aliphatic carbocycles. The Morgan fingerprint density at radius 3 is 2.39 bits per heavy atom. The van der Waals surface area contributed by atoms with Gasteiger partial charge in [0.2, 0.25) is 10.0 Å². The van der Waals surface area contributed by atoms with Gasteiger partial charge in [-0.3, -0.25) is 0 Å². The van der Waals surface area contributed by atoms with Crippen molar-refractivity contribution in [3.8, 4) is 11.5 Å². The van der Waals surface area contributed by atoms with Gasteiger partial charge in [0.1, 0.15) is 0 Å². The minimum Gasteiger partial charge on any atom is -0.493 e. The van der Waals surface area contributed by atoms with Crippen LogP contribution >= 0.6 is 12.4 Å². The fourth-order valence-electron chi connectivity index (χ4n) is 4.30. The van der Waals surface area contributed by atoms with E-state index in [0.717, 1.165) is 18.7 Å². The average molecular weight is 425 g/mol. The van der Waals surface area contributed by atoms with Gasteiger partial charge in [-0.25, -0.2) is 8.42 Å². The Morgan fingerprint density at radius 2 is 1.71 bits per heavy atom. The molecule has 0 bridgehead atoms. The van der Waals surface area contributed by atoms with Crippen LogP contribution in [0.15, 0.2) is 53.4 Å². The summed E-state index contributed by atoms with van der Waals surface area (Å²) in [4.78, 5) is 0.231. The number of methoxy groups -OCH3 is 2. The van der Waals surface area contributed by atoms with Crippen molar-refractivity contribution >= 4 is 22.4 Å². The van der Waals surface area contributed by atoms with E-state index >= 15 is 0 Å². The number of nitrogens with one attached hydrogen (secondary N) is 1. The lowest BCUT2D eigenvalue weighted by Gasteiger charge is -2.28. The summed E-state index contributed by atoms with van der Waals surface area (Å²) >= 11 is 0. The van der Waals surface area contributed by atoms with Crippen molar-refractivity contribution in [3.05, 3.63) is 54.1 Å². The number of halogens is 1. The van der Waals surface area contributed by atoms with Crippen molar-refractivity contribution in [2.45, 2.75) is 10.9 Å². The first kappa shape index (κ1) is 20.9. The maximum Gasteiger partial charge on any atom is 0.243 e. The molecule has 2 fully saturated rings. The second kappa shape index (κ2) is 8.29. The highest BCUT2D eigenvalue weighted by molar-refractivity contribution is 7.89. The lowest BCUT2D eigenvalue weighted by molar-refractivity contribution is 0.343. The molecule has 0 aromatic heterocycles. The molecule has 1 N–H and O–H groups in total. The van der Waals surface area contributed by atoms with Crippen LogP contribution in [0.5, 0.6) is 11.5 Å². The standard InChI is InChI=1S/C20H24N2O4S.ClH/c1-25-18-9-8-16(10-19(18)26-2)27(23,24)22-13-15-11-21-12-17(15)20(22)14-6-4-3-5-7-14;/h3-10,15,17,20-21H,11-13H2,1-2H3;1H/t15-,17-,20-;/m0./s1. The average Bonchev–Trinajstić information content (AvgIpc) is 3.29. The number of nitrogens with zero attached hydrogens (tertiary/aromatic N) is 1. The molecule has 4 rings (SSSR count). The molecule has 0 saturated carbocycles. The number of sulfonamides is 1. The van der Waals surface area contributed by atoms with Crippen molar-refractivity contribution in [1.82, 2.24) is 9.62 Å². The van der Waals surface area contributed by atoms with Crippen LogP contribution < -0.4 is 14.8 Å². The predicted octanol–water partition coefficient (Wildman–Crippen LogP) is 2.71. The van der Waals surface area contributed by atoms with E-state index in [0.29, 0.717) is 24.0 Å². The van der Waals surface area contributed by atoms with Gasteiger partial charge in [-0.05, 0) is 36.1 Å². The van der Waals surface area contributed by atoms with Crippen LogP contribution in [-0.4, -0.2) is 46.6 Å². The second-order valence-corrected chi connectivity index (χ2v) is 8.92. The Labute approximate surface area is 172 Å². The molecule has 2 aliphatic rings. The SMILES string of the molecule is COc1ccc(S(=O)(=O)N2C[C@@H]3CNC[C@@H]3[C@@H]2c2ccccc2)cc1OC.Cl. The zero-order valence-electron chi connectivity index (χ0n) is 15.9. The fourth-order valence-corrected chi connectivity index (χ4v) is 6.04. The number of benzene rings is 2. The van der Waals surface area contributed by atoms with Crippen LogP contribution in [0.3, 0.4) is 0 Å². The van der Waals surface area contributed by atoms with E-state index in [1.54, 1.807) is 22.5 Å². The molecule has 2 aliphatic heterocycles. The van der Waals surface area contributed by atoms with Crippen molar-refractivity contribution in [1.29, 1.82) is 0 Å². The number of hydrogen-bond donors (Lipinski definition) is 1. The Morgan fingerprint density at radius 1 is 1.00 bits per heavy atom. The molecule has 28 heavy (non-hydrogen) atoms. The van der Waals surface area contributed by atoms with E-state index in [2.05, 4.69) is 5.32 Å². The fraction of sp³-hybridized carbons (Fsp3) is 0.400. The van der Waals surface area contributed by atoms with Gasteiger partial charge in [-0.15, -0.1) is 12.4 Å². The lowest BCUT2D eigenvalue weighted by atomic mass is 9.90. The van der Waals surface area contributed by atoms with E-state index < -0.39 is 10.0 Å². The van der Waals surface area contributed by atoms with E-state index in [1.807, 2.05) is 30.3 Å². The number of ether oxygens (including phenoxy) is 2. The van der Waals surface area contributed by atoms with Crippen LogP contribution in [0.4, 0.5) is 0 Å². The highest BCUT2D eigenvalue weighted by Crippen LogP contribution is 2.45. The highest BCUT2D eigenvalue weighted by Gasteiger charge is 2.49. The lowest BCUT2D eigenvalue weighted by Crippen LogP contribution is -2.34. The van der Waals surface area contributed by atoms with Crippen LogP contribution in [0.25, 0.3) is 0 Å². The second-order valence-electron chi connectivity index (χ2n) is 7.03. The van der Waals surface area contributed by atoms with Crippen molar-refractivity contribution in [3.63, 3.8) is 0 Å². The summed E-state index contributed by atoms with van der Waals surface area (Å²) in [6.07, 6.45) is 0. The van der Waals surface area contributed by atoms with Gasteiger partial charge in [0.05, 0.1) is 25.2 Å². The van der Waals surface area contributed by atoms with Gasteiger partial charge >= 0.3 is 0 Å². The Hall–Kier alpha value is -1.80. The number of rotatable bonds is 5. The quantitative estimate of drug-likeness (QED) is 0.799. The van der Waals surface area contributed by atoms with Gasteiger partial charge in [0, 0.05) is 19.2 Å². The first-order valence-electron chi connectivity index (χ1n) is 9.06. The molecule has 2 aromatic carbocycles. The molecular formula is C20H25ClN2O4S. The molecule has 152 valence electrons. The van der Waals surface area contributed by atoms with Crippen LogP contribution in [0.2, 0.25) is 0 Å². The largest absolute Gasteiger partial charge is 0.493 e. The summed E-state index contributed by atoms with van der Waals surface area (Å²) < 4.78 is 39.3. The zero-order valence-corrected chi connectivity index (χ0v) is 17.5. The molecule has 0 radical (unpaired) electrons. The van der Waals surface area contributed by atoms with Crippen LogP contribution in [0, 0.1) is 11.8 Å². The summed E-state index contributed by atoms with van der Waals surface area (Å²) in [7, 11) is -0.625. The molecule has 6 nitrogen and oxygen atoms in total. The molecular weight excluding hydrogens is 400 g/mol. The topological polar surface area (TPSA) is 67.9 Å². The number of fused-ring (bicyclic) bond motifs is 1. The maximum atomic E-state index is 13.5. The molecule has 2 aromatic rings. The van der Waals surface area contributed by atoms with Gasteiger partial charge in [-0.1, -0.05) is 30.3 Å². The Bertz CT molecular complexity index is 923. The molecule has 0 unspecified atom stereocenters. The third-order valence-corrected chi connectivity index (χ3v) is 7.47. The van der Waals surface area contributed by atoms with Gasteiger partial charge in [0.25, 0.3) is 0 Å². The zero-order chi connectivity index (χ0) is 19.0. The van der Waals surface area contributed by atoms with E-state index in [1.165, 1.54) is 14.2 Å². The summed E-state index contributed by atoms with van der Waals surface area (Å²) in [6.45, 7) is 2.21. The normalized spacial score (nSPS) is 24.4. The van der Waals surface area contributed by atoms with Crippen LogP contribution in [0.1, 0.15) is 11.6 Å². The van der Waals surface area contributed by atoms with Crippen molar-refractivity contribution < 1.29 is 17.9 Å².